The lowest BCUT2D eigenvalue weighted by Crippen LogP contribution is -2.43. The topological polar surface area (TPSA) is 24.1 Å². The average molecular weight is 156 g/mol. The van der Waals surface area contributed by atoms with Crippen LogP contribution in [0.2, 0.25) is 0 Å². The van der Waals surface area contributed by atoms with Crippen LogP contribution >= 0.6 is 0 Å². The number of rotatable bonds is 6. The summed E-state index contributed by atoms with van der Waals surface area (Å²) in [5.41, 5.74) is 0. The Balaban J connectivity index is 1.73. The molecule has 0 aliphatic carbocycles. The summed E-state index contributed by atoms with van der Waals surface area (Å²) in [6.45, 7) is 7.14. The first-order valence-corrected chi connectivity index (χ1v) is 4.85. The van der Waals surface area contributed by atoms with Crippen molar-refractivity contribution in [2.75, 3.05) is 26.2 Å². The highest BCUT2D eigenvalue weighted by Crippen LogP contribution is 2.06. The van der Waals surface area contributed by atoms with Gasteiger partial charge in [-0.2, -0.15) is 0 Å². The third-order valence-corrected chi connectivity index (χ3v) is 2.30. The van der Waals surface area contributed by atoms with Crippen LogP contribution in [0.3, 0.4) is 0 Å². The van der Waals surface area contributed by atoms with Crippen LogP contribution in [0.25, 0.3) is 0 Å². The van der Waals surface area contributed by atoms with Crippen LogP contribution in [0.1, 0.15) is 26.2 Å². The molecule has 1 heterocycles. The molecule has 1 rings (SSSR count). The molecular weight excluding hydrogens is 136 g/mol. The van der Waals surface area contributed by atoms with Crippen LogP contribution in [0.4, 0.5) is 0 Å². The standard InChI is InChI=1S/C9H20N2/c1-2-3-5-10-6-4-9-7-11-8-9/h9-11H,2-8H2,1H3. The number of unbranched alkanes of at least 4 members (excludes halogenated alkanes) is 1. The molecule has 0 aromatic heterocycles. The highest BCUT2D eigenvalue weighted by molar-refractivity contribution is 4.74. The molecule has 0 saturated carbocycles. The summed E-state index contributed by atoms with van der Waals surface area (Å²) in [4.78, 5) is 0. The molecule has 0 spiro atoms. The maximum Gasteiger partial charge on any atom is -0.000778 e. The van der Waals surface area contributed by atoms with Crippen molar-refractivity contribution in [2.24, 2.45) is 5.92 Å². The molecule has 1 saturated heterocycles. The maximum absolute atomic E-state index is 3.46. The molecule has 11 heavy (non-hydrogen) atoms. The van der Waals surface area contributed by atoms with Crippen LogP contribution in [-0.4, -0.2) is 26.2 Å². The van der Waals surface area contributed by atoms with Gasteiger partial charge in [0, 0.05) is 0 Å². The van der Waals surface area contributed by atoms with E-state index in [0.29, 0.717) is 0 Å². The Bertz CT molecular complexity index is 89.6. The van der Waals surface area contributed by atoms with Crippen LogP contribution in [-0.2, 0) is 0 Å². The molecule has 1 aliphatic heterocycles. The minimum absolute atomic E-state index is 0.962. The zero-order valence-electron chi connectivity index (χ0n) is 7.53. The normalized spacial score (nSPS) is 18.3. The second-order valence-electron chi connectivity index (χ2n) is 3.42. The van der Waals surface area contributed by atoms with Crippen LogP contribution in [0.5, 0.6) is 0 Å². The van der Waals surface area contributed by atoms with Gasteiger partial charge >= 0.3 is 0 Å². The lowest BCUT2D eigenvalue weighted by atomic mass is 10.00. The molecule has 1 aliphatic rings. The van der Waals surface area contributed by atoms with Gasteiger partial charge in [-0.05, 0) is 44.9 Å². The van der Waals surface area contributed by atoms with Gasteiger partial charge in [0.15, 0.2) is 0 Å². The molecule has 2 N–H and O–H groups in total. The fourth-order valence-electron chi connectivity index (χ4n) is 1.29. The van der Waals surface area contributed by atoms with Crippen molar-refractivity contribution in [1.29, 1.82) is 0 Å². The second-order valence-corrected chi connectivity index (χ2v) is 3.42. The van der Waals surface area contributed by atoms with Crippen LogP contribution < -0.4 is 10.6 Å². The fourth-order valence-corrected chi connectivity index (χ4v) is 1.29. The highest BCUT2D eigenvalue weighted by Gasteiger charge is 2.14. The fraction of sp³-hybridized carbons (Fsp3) is 1.00. The first kappa shape index (κ1) is 9.01. The minimum Gasteiger partial charge on any atom is -0.317 e. The largest absolute Gasteiger partial charge is 0.317 e. The number of hydrogen-bond acceptors (Lipinski definition) is 2. The molecule has 0 aromatic carbocycles. The molecule has 0 radical (unpaired) electrons. The van der Waals surface area contributed by atoms with Gasteiger partial charge in [0.2, 0.25) is 0 Å². The Kier molecular flexibility index (Phi) is 4.55. The van der Waals surface area contributed by atoms with Gasteiger partial charge < -0.3 is 10.6 Å². The number of nitrogens with one attached hydrogen (secondary N) is 2. The molecule has 2 nitrogen and oxygen atoms in total. The molecule has 0 aromatic rings. The average Bonchev–Trinajstić information content (AvgIpc) is 1.93. The highest BCUT2D eigenvalue weighted by atomic mass is 15.0. The Morgan fingerprint density at radius 1 is 1.36 bits per heavy atom. The lowest BCUT2D eigenvalue weighted by molar-refractivity contribution is 0.322. The summed E-state index contributed by atoms with van der Waals surface area (Å²) in [5.74, 6) is 0.962. The van der Waals surface area contributed by atoms with E-state index in [1.807, 2.05) is 0 Å². The zero-order valence-corrected chi connectivity index (χ0v) is 7.53. The Labute approximate surface area is 69.8 Å². The van der Waals surface area contributed by atoms with Crippen molar-refractivity contribution in [3.8, 4) is 0 Å². The molecule has 0 amide bonds. The van der Waals surface area contributed by atoms with E-state index < -0.39 is 0 Å². The first-order valence-electron chi connectivity index (χ1n) is 4.85. The van der Waals surface area contributed by atoms with E-state index in [2.05, 4.69) is 17.6 Å². The molecule has 0 atom stereocenters. The summed E-state index contributed by atoms with van der Waals surface area (Å²) in [6, 6.07) is 0. The van der Waals surface area contributed by atoms with Gasteiger partial charge in [-0.15, -0.1) is 0 Å². The summed E-state index contributed by atoms with van der Waals surface area (Å²) < 4.78 is 0. The van der Waals surface area contributed by atoms with Gasteiger partial charge in [-0.25, -0.2) is 0 Å². The molecular formula is C9H20N2. The monoisotopic (exact) mass is 156 g/mol. The second kappa shape index (κ2) is 5.56. The van der Waals surface area contributed by atoms with Crippen LogP contribution in [0, 0.1) is 5.92 Å². The molecule has 66 valence electrons. The van der Waals surface area contributed by atoms with Gasteiger partial charge in [-0.1, -0.05) is 13.3 Å². The van der Waals surface area contributed by atoms with Gasteiger partial charge in [0.25, 0.3) is 0 Å². The van der Waals surface area contributed by atoms with Gasteiger partial charge in [0.05, 0.1) is 0 Å². The van der Waals surface area contributed by atoms with Gasteiger partial charge in [-0.3, -0.25) is 0 Å². The number of hydrogen-bond donors (Lipinski definition) is 2. The van der Waals surface area contributed by atoms with Crippen LogP contribution in [0.15, 0.2) is 0 Å². The molecule has 2 heteroatoms. The van der Waals surface area contributed by atoms with E-state index in [0.717, 1.165) is 5.92 Å². The summed E-state index contributed by atoms with van der Waals surface area (Å²) in [6.07, 6.45) is 3.98. The first-order chi connectivity index (χ1) is 5.43. The Morgan fingerprint density at radius 3 is 2.73 bits per heavy atom. The van der Waals surface area contributed by atoms with Crippen molar-refractivity contribution in [3.05, 3.63) is 0 Å². The molecule has 1 fully saturated rings. The third-order valence-electron chi connectivity index (χ3n) is 2.30. The quantitative estimate of drug-likeness (QED) is 0.560. The maximum atomic E-state index is 3.46. The van der Waals surface area contributed by atoms with E-state index in [9.17, 15) is 0 Å². The third kappa shape index (κ3) is 3.73. The Hall–Kier alpha value is -0.0800. The molecule has 0 unspecified atom stereocenters. The predicted molar refractivity (Wildman–Crippen MR) is 48.8 cm³/mol. The van der Waals surface area contributed by atoms with Crippen molar-refractivity contribution in [2.45, 2.75) is 26.2 Å². The molecule has 0 bridgehead atoms. The Morgan fingerprint density at radius 2 is 2.18 bits per heavy atom. The lowest BCUT2D eigenvalue weighted by Gasteiger charge is -2.26. The van der Waals surface area contributed by atoms with Gasteiger partial charge in [0.1, 0.15) is 0 Å². The summed E-state index contributed by atoms with van der Waals surface area (Å²) in [5, 5.41) is 6.74. The van der Waals surface area contributed by atoms with Crippen molar-refractivity contribution < 1.29 is 0 Å². The van der Waals surface area contributed by atoms with E-state index in [-0.39, 0.29) is 0 Å². The van der Waals surface area contributed by atoms with Crippen molar-refractivity contribution in [1.82, 2.24) is 10.6 Å². The van der Waals surface area contributed by atoms with E-state index in [1.165, 1.54) is 45.4 Å². The smallest absolute Gasteiger partial charge is 0.000778 e. The van der Waals surface area contributed by atoms with Crippen molar-refractivity contribution in [3.63, 3.8) is 0 Å². The zero-order chi connectivity index (χ0) is 7.94. The van der Waals surface area contributed by atoms with E-state index in [4.69, 9.17) is 0 Å². The van der Waals surface area contributed by atoms with E-state index in [1.54, 1.807) is 0 Å². The summed E-state index contributed by atoms with van der Waals surface area (Å²) >= 11 is 0. The van der Waals surface area contributed by atoms with E-state index >= 15 is 0 Å². The summed E-state index contributed by atoms with van der Waals surface area (Å²) in [7, 11) is 0. The minimum atomic E-state index is 0.962. The SMILES string of the molecule is CCCCNCCC1CNC1. The predicted octanol–water partition coefficient (Wildman–Crippen LogP) is 0.986. The van der Waals surface area contributed by atoms with Crippen molar-refractivity contribution >= 4 is 0 Å².